The summed E-state index contributed by atoms with van der Waals surface area (Å²) in [6, 6.07) is 7.79. The van der Waals surface area contributed by atoms with Crippen LogP contribution >= 0.6 is 11.8 Å². The summed E-state index contributed by atoms with van der Waals surface area (Å²) >= 11 is 1.76. The van der Waals surface area contributed by atoms with Crippen LogP contribution in [0.5, 0.6) is 0 Å². The molecule has 0 saturated heterocycles. The third kappa shape index (κ3) is 2.47. The topological polar surface area (TPSA) is 84.7 Å². The number of nitrogens with zero attached hydrogens (tertiary/aromatic N) is 2. The van der Waals surface area contributed by atoms with E-state index in [4.69, 9.17) is 5.73 Å². The van der Waals surface area contributed by atoms with Gasteiger partial charge in [-0.15, -0.1) is 11.8 Å². The Kier molecular flexibility index (Phi) is 3.43. The second kappa shape index (κ2) is 5.01. The third-order valence-electron chi connectivity index (χ3n) is 2.22. The minimum atomic E-state index is -0.583. The van der Waals surface area contributed by atoms with Gasteiger partial charge in [0.05, 0.1) is 0 Å². The summed E-state index contributed by atoms with van der Waals surface area (Å²) in [6.07, 6.45) is 0. The molecule has 1 aromatic heterocycles. The van der Waals surface area contributed by atoms with Gasteiger partial charge in [-0.05, 0) is 17.9 Å². The van der Waals surface area contributed by atoms with E-state index in [9.17, 15) is 4.79 Å². The fraction of sp³-hybridized carbons (Fsp3) is 0.182. The lowest BCUT2D eigenvalue weighted by Gasteiger charge is -2.01. The van der Waals surface area contributed by atoms with Crippen LogP contribution in [0.1, 0.15) is 17.4 Å². The van der Waals surface area contributed by atoms with Gasteiger partial charge >= 0.3 is 0 Å². The molecule has 0 unspecified atom stereocenters. The summed E-state index contributed by atoms with van der Waals surface area (Å²) in [7, 11) is 0. The number of carbonyl (C=O) groups excluding carboxylic acids is 1. The highest BCUT2D eigenvalue weighted by Crippen LogP contribution is 2.23. The molecule has 0 fully saturated rings. The third-order valence-corrected chi connectivity index (χ3v) is 3.11. The van der Waals surface area contributed by atoms with Crippen molar-refractivity contribution in [2.24, 2.45) is 5.73 Å². The monoisotopic (exact) mass is 248 g/mol. The number of hydrogen-bond acceptors (Lipinski definition) is 4. The van der Waals surface area contributed by atoms with Crippen molar-refractivity contribution in [3.63, 3.8) is 0 Å². The van der Waals surface area contributed by atoms with E-state index >= 15 is 0 Å². The Bertz CT molecular complexity index is 521. The maximum Gasteiger partial charge on any atom is 0.271 e. The van der Waals surface area contributed by atoms with Crippen molar-refractivity contribution in [2.45, 2.75) is 11.8 Å². The molecule has 0 radical (unpaired) electrons. The molecule has 17 heavy (non-hydrogen) atoms. The van der Waals surface area contributed by atoms with E-state index in [2.05, 4.69) is 22.3 Å². The number of H-pyrrole nitrogens is 1. The summed E-state index contributed by atoms with van der Waals surface area (Å²) in [5.74, 6) is 0.441. The number of thioether (sulfide) groups is 1. The van der Waals surface area contributed by atoms with Crippen LogP contribution in [0.2, 0.25) is 0 Å². The number of rotatable bonds is 4. The molecule has 1 heterocycles. The van der Waals surface area contributed by atoms with E-state index in [1.165, 1.54) is 4.90 Å². The van der Waals surface area contributed by atoms with Gasteiger partial charge in [-0.1, -0.05) is 19.1 Å². The van der Waals surface area contributed by atoms with Crippen LogP contribution < -0.4 is 5.73 Å². The van der Waals surface area contributed by atoms with Gasteiger partial charge in [-0.3, -0.25) is 4.79 Å². The van der Waals surface area contributed by atoms with Gasteiger partial charge in [0.2, 0.25) is 0 Å². The highest BCUT2D eigenvalue weighted by Gasteiger charge is 2.14. The first-order valence-electron chi connectivity index (χ1n) is 5.16. The second-order valence-electron chi connectivity index (χ2n) is 3.34. The van der Waals surface area contributed by atoms with Crippen molar-refractivity contribution in [3.8, 4) is 11.3 Å². The fourth-order valence-corrected chi connectivity index (χ4v) is 2.14. The number of amides is 1. The molecule has 5 nitrogen and oxygen atoms in total. The summed E-state index contributed by atoms with van der Waals surface area (Å²) < 4.78 is 0. The molecule has 0 spiro atoms. The SMILES string of the molecule is CCSc1ccc(-c2n[nH]nc2C(N)=O)cc1. The molecule has 0 saturated carbocycles. The van der Waals surface area contributed by atoms with Crippen molar-refractivity contribution in [1.29, 1.82) is 0 Å². The Morgan fingerprint density at radius 1 is 1.35 bits per heavy atom. The number of carbonyl (C=O) groups is 1. The zero-order chi connectivity index (χ0) is 12.3. The first-order valence-corrected chi connectivity index (χ1v) is 6.14. The quantitative estimate of drug-likeness (QED) is 0.806. The number of primary amides is 1. The summed E-state index contributed by atoms with van der Waals surface area (Å²) in [5, 5.41) is 10.1. The Morgan fingerprint density at radius 3 is 2.65 bits per heavy atom. The molecule has 0 aliphatic rings. The molecule has 0 aliphatic carbocycles. The summed E-state index contributed by atoms with van der Waals surface area (Å²) in [4.78, 5) is 12.3. The first-order chi connectivity index (χ1) is 8.22. The van der Waals surface area contributed by atoms with E-state index in [0.29, 0.717) is 5.69 Å². The smallest absolute Gasteiger partial charge is 0.271 e. The van der Waals surface area contributed by atoms with Gasteiger partial charge in [-0.2, -0.15) is 15.4 Å². The zero-order valence-electron chi connectivity index (χ0n) is 9.30. The molecule has 1 amide bonds. The summed E-state index contributed by atoms with van der Waals surface area (Å²) in [5.41, 5.74) is 6.69. The average Bonchev–Trinajstić information content (AvgIpc) is 2.79. The number of aromatic amines is 1. The maximum atomic E-state index is 11.1. The average molecular weight is 248 g/mol. The van der Waals surface area contributed by atoms with Crippen LogP contribution in [-0.4, -0.2) is 27.1 Å². The van der Waals surface area contributed by atoms with Crippen molar-refractivity contribution in [2.75, 3.05) is 5.75 Å². The van der Waals surface area contributed by atoms with Crippen molar-refractivity contribution in [3.05, 3.63) is 30.0 Å². The van der Waals surface area contributed by atoms with E-state index in [0.717, 1.165) is 11.3 Å². The van der Waals surface area contributed by atoms with Gasteiger partial charge < -0.3 is 5.73 Å². The van der Waals surface area contributed by atoms with Gasteiger partial charge in [0.25, 0.3) is 5.91 Å². The Morgan fingerprint density at radius 2 is 2.06 bits per heavy atom. The highest BCUT2D eigenvalue weighted by molar-refractivity contribution is 7.99. The normalized spacial score (nSPS) is 10.4. The first kappa shape index (κ1) is 11.7. The van der Waals surface area contributed by atoms with Gasteiger partial charge in [0.1, 0.15) is 5.69 Å². The Balaban J connectivity index is 2.33. The summed E-state index contributed by atoms with van der Waals surface area (Å²) in [6.45, 7) is 2.10. The highest BCUT2D eigenvalue weighted by atomic mass is 32.2. The lowest BCUT2D eigenvalue weighted by Crippen LogP contribution is -2.12. The molecule has 1 aromatic carbocycles. The van der Waals surface area contributed by atoms with Crippen LogP contribution in [0, 0.1) is 0 Å². The second-order valence-corrected chi connectivity index (χ2v) is 4.68. The standard InChI is InChI=1S/C11H12N4OS/c1-2-17-8-5-3-7(4-6-8)9-10(11(12)16)14-15-13-9/h3-6H,2H2,1H3,(H2,12,16)(H,13,14,15). The van der Waals surface area contributed by atoms with Gasteiger partial charge in [-0.25, -0.2) is 0 Å². The van der Waals surface area contributed by atoms with E-state index in [1.807, 2.05) is 24.3 Å². The van der Waals surface area contributed by atoms with Crippen LogP contribution in [0.15, 0.2) is 29.2 Å². The van der Waals surface area contributed by atoms with Crippen LogP contribution in [0.4, 0.5) is 0 Å². The van der Waals surface area contributed by atoms with Crippen LogP contribution in [0.25, 0.3) is 11.3 Å². The molecule has 0 atom stereocenters. The van der Waals surface area contributed by atoms with Crippen molar-refractivity contribution < 1.29 is 4.79 Å². The number of hydrogen-bond donors (Lipinski definition) is 2. The molecule has 0 bridgehead atoms. The fourth-order valence-electron chi connectivity index (χ4n) is 1.48. The number of nitrogens with two attached hydrogens (primary N) is 1. The predicted molar refractivity (Wildman–Crippen MR) is 66.7 cm³/mol. The molecule has 0 aliphatic heterocycles. The number of aromatic nitrogens is 3. The molecule has 2 aromatic rings. The minimum absolute atomic E-state index is 0.167. The Hall–Kier alpha value is -1.82. The van der Waals surface area contributed by atoms with Crippen molar-refractivity contribution in [1.82, 2.24) is 15.4 Å². The van der Waals surface area contributed by atoms with Gasteiger partial charge in [0, 0.05) is 10.5 Å². The van der Waals surface area contributed by atoms with Crippen LogP contribution in [-0.2, 0) is 0 Å². The van der Waals surface area contributed by atoms with E-state index in [1.54, 1.807) is 11.8 Å². The maximum absolute atomic E-state index is 11.1. The predicted octanol–water partition coefficient (Wildman–Crippen LogP) is 1.68. The molecule has 2 rings (SSSR count). The molecular formula is C11H12N4OS. The number of benzene rings is 1. The largest absolute Gasteiger partial charge is 0.364 e. The van der Waals surface area contributed by atoms with Crippen LogP contribution in [0.3, 0.4) is 0 Å². The van der Waals surface area contributed by atoms with E-state index < -0.39 is 5.91 Å². The molecule has 6 heteroatoms. The Labute approximate surface area is 103 Å². The molecule has 88 valence electrons. The molecule has 3 N–H and O–H groups in total. The number of nitrogens with one attached hydrogen (secondary N) is 1. The minimum Gasteiger partial charge on any atom is -0.364 e. The molecular weight excluding hydrogens is 236 g/mol. The van der Waals surface area contributed by atoms with E-state index in [-0.39, 0.29) is 5.69 Å². The van der Waals surface area contributed by atoms with Gasteiger partial charge in [0.15, 0.2) is 5.69 Å². The van der Waals surface area contributed by atoms with Crippen molar-refractivity contribution >= 4 is 17.7 Å². The lowest BCUT2D eigenvalue weighted by atomic mass is 10.1. The zero-order valence-corrected chi connectivity index (χ0v) is 10.1. The lowest BCUT2D eigenvalue weighted by molar-refractivity contribution is 0.0996.